The van der Waals surface area contributed by atoms with E-state index >= 15 is 0 Å². The number of aryl methyl sites for hydroxylation is 1. The van der Waals surface area contributed by atoms with Crippen molar-refractivity contribution in [1.82, 2.24) is 9.78 Å². The summed E-state index contributed by atoms with van der Waals surface area (Å²) in [4.78, 5) is 12.4. The smallest absolute Gasteiger partial charge is 0.219 e. The Kier molecular flexibility index (Phi) is 3.85. The monoisotopic (exact) mass is 282 g/mol. The molecule has 0 saturated carbocycles. The van der Waals surface area contributed by atoms with Gasteiger partial charge in [0.1, 0.15) is 22.8 Å². The molecule has 0 aliphatic rings. The molecule has 1 aromatic carbocycles. The summed E-state index contributed by atoms with van der Waals surface area (Å²) in [5.41, 5.74) is 0.0228. The molecule has 0 radical (unpaired) electrons. The standard InChI is InChI=1S/C13H12ClFN2O2/c1-3-17-12(8(14)7-16-17)13(18)11-9(15)5-4-6-10(11)19-2/h4-7H,3H2,1-2H3. The molecule has 0 saturated heterocycles. The number of carbonyl (C=O) groups excluding carboxylic acids is 1. The van der Waals surface area contributed by atoms with Crippen LogP contribution in [0.3, 0.4) is 0 Å². The number of methoxy groups -OCH3 is 1. The van der Waals surface area contributed by atoms with E-state index in [0.29, 0.717) is 6.54 Å². The van der Waals surface area contributed by atoms with Gasteiger partial charge in [-0.25, -0.2) is 4.39 Å². The molecule has 1 aromatic heterocycles. The highest BCUT2D eigenvalue weighted by Crippen LogP contribution is 2.27. The van der Waals surface area contributed by atoms with Crippen molar-refractivity contribution in [3.05, 3.63) is 46.5 Å². The van der Waals surface area contributed by atoms with Crippen LogP contribution in [0.4, 0.5) is 4.39 Å². The summed E-state index contributed by atoms with van der Waals surface area (Å²) in [5, 5.41) is 4.16. The van der Waals surface area contributed by atoms with Crippen LogP contribution in [0, 0.1) is 5.82 Å². The Labute approximate surface area is 114 Å². The molecule has 0 amide bonds. The topological polar surface area (TPSA) is 44.1 Å². The summed E-state index contributed by atoms with van der Waals surface area (Å²) < 4.78 is 20.3. The van der Waals surface area contributed by atoms with Crippen molar-refractivity contribution in [1.29, 1.82) is 0 Å². The minimum atomic E-state index is -0.649. The summed E-state index contributed by atoms with van der Waals surface area (Å²) in [7, 11) is 1.38. The molecule has 0 bridgehead atoms. The van der Waals surface area contributed by atoms with Gasteiger partial charge in [0.25, 0.3) is 0 Å². The van der Waals surface area contributed by atoms with Crippen molar-refractivity contribution in [3.8, 4) is 5.75 Å². The van der Waals surface area contributed by atoms with Gasteiger partial charge in [0, 0.05) is 6.54 Å². The van der Waals surface area contributed by atoms with Crippen molar-refractivity contribution in [2.24, 2.45) is 0 Å². The molecule has 0 N–H and O–H groups in total. The minimum Gasteiger partial charge on any atom is -0.496 e. The lowest BCUT2D eigenvalue weighted by Crippen LogP contribution is -2.13. The first-order valence-corrected chi connectivity index (χ1v) is 6.06. The van der Waals surface area contributed by atoms with E-state index in [1.54, 1.807) is 0 Å². The maximum absolute atomic E-state index is 13.9. The third-order valence-electron chi connectivity index (χ3n) is 2.73. The van der Waals surface area contributed by atoms with Gasteiger partial charge in [-0.2, -0.15) is 5.10 Å². The SMILES string of the molecule is CCn1ncc(Cl)c1C(=O)c1c(F)cccc1OC. The third kappa shape index (κ3) is 2.33. The number of ketones is 1. The Morgan fingerprint density at radius 1 is 1.53 bits per heavy atom. The molecule has 4 nitrogen and oxygen atoms in total. The minimum absolute atomic E-state index is 0.137. The van der Waals surface area contributed by atoms with Crippen molar-refractivity contribution < 1.29 is 13.9 Å². The van der Waals surface area contributed by atoms with Crippen molar-refractivity contribution in [2.45, 2.75) is 13.5 Å². The second kappa shape index (κ2) is 5.40. The van der Waals surface area contributed by atoms with Crippen LogP contribution in [-0.4, -0.2) is 22.7 Å². The quantitative estimate of drug-likeness (QED) is 0.810. The highest BCUT2D eigenvalue weighted by Gasteiger charge is 2.24. The maximum Gasteiger partial charge on any atom is 0.219 e. The average molecular weight is 283 g/mol. The van der Waals surface area contributed by atoms with Gasteiger partial charge in [0.15, 0.2) is 0 Å². The molecule has 100 valence electrons. The summed E-state index contributed by atoms with van der Waals surface area (Å²) in [5.74, 6) is -1.02. The molecule has 0 atom stereocenters. The Hall–Kier alpha value is -1.88. The predicted octanol–water partition coefficient (Wildman–Crippen LogP) is 2.94. The number of halogens is 2. The van der Waals surface area contributed by atoms with E-state index in [4.69, 9.17) is 16.3 Å². The fourth-order valence-electron chi connectivity index (χ4n) is 1.84. The number of carbonyl (C=O) groups is 1. The first-order chi connectivity index (χ1) is 9.10. The Morgan fingerprint density at radius 3 is 2.89 bits per heavy atom. The van der Waals surface area contributed by atoms with Gasteiger partial charge in [-0.05, 0) is 19.1 Å². The van der Waals surface area contributed by atoms with Gasteiger partial charge < -0.3 is 4.74 Å². The first kappa shape index (κ1) is 13.5. The zero-order valence-corrected chi connectivity index (χ0v) is 11.2. The van der Waals surface area contributed by atoms with E-state index < -0.39 is 11.6 Å². The van der Waals surface area contributed by atoms with Gasteiger partial charge in [0.2, 0.25) is 5.78 Å². The van der Waals surface area contributed by atoms with Gasteiger partial charge in [0.05, 0.1) is 18.3 Å². The Morgan fingerprint density at radius 2 is 2.26 bits per heavy atom. The van der Waals surface area contributed by atoms with Crippen LogP contribution in [0.25, 0.3) is 0 Å². The number of ether oxygens (including phenoxy) is 1. The summed E-state index contributed by atoms with van der Waals surface area (Å²) >= 11 is 5.95. The Bertz CT molecular complexity index is 625. The summed E-state index contributed by atoms with van der Waals surface area (Å²) in [6.07, 6.45) is 1.37. The van der Waals surface area contributed by atoms with E-state index in [0.717, 1.165) is 0 Å². The molecule has 2 rings (SSSR count). The van der Waals surface area contributed by atoms with Crippen LogP contribution in [-0.2, 0) is 6.54 Å². The Balaban J connectivity index is 2.59. The molecule has 0 unspecified atom stereocenters. The largest absolute Gasteiger partial charge is 0.496 e. The van der Waals surface area contributed by atoms with Crippen LogP contribution in [0.2, 0.25) is 5.02 Å². The molecule has 0 spiro atoms. The highest BCUT2D eigenvalue weighted by molar-refractivity contribution is 6.34. The average Bonchev–Trinajstić information content (AvgIpc) is 2.78. The first-order valence-electron chi connectivity index (χ1n) is 5.68. The molecule has 19 heavy (non-hydrogen) atoms. The number of nitrogens with zero attached hydrogens (tertiary/aromatic N) is 2. The lowest BCUT2D eigenvalue weighted by Gasteiger charge is -2.09. The maximum atomic E-state index is 13.9. The molecular weight excluding hydrogens is 271 g/mol. The molecule has 0 aliphatic carbocycles. The van der Waals surface area contributed by atoms with Crippen LogP contribution >= 0.6 is 11.6 Å². The van der Waals surface area contributed by atoms with Crippen LogP contribution in [0.1, 0.15) is 23.0 Å². The molecular formula is C13H12ClFN2O2. The van der Waals surface area contributed by atoms with Gasteiger partial charge in [-0.15, -0.1) is 0 Å². The predicted molar refractivity (Wildman–Crippen MR) is 69.3 cm³/mol. The van der Waals surface area contributed by atoms with Crippen LogP contribution in [0.15, 0.2) is 24.4 Å². The fraction of sp³-hybridized carbons (Fsp3) is 0.231. The van der Waals surface area contributed by atoms with E-state index in [1.165, 1.54) is 36.2 Å². The molecule has 0 fully saturated rings. The highest BCUT2D eigenvalue weighted by atomic mass is 35.5. The van der Waals surface area contributed by atoms with Crippen LogP contribution < -0.4 is 4.74 Å². The van der Waals surface area contributed by atoms with Crippen molar-refractivity contribution >= 4 is 17.4 Å². The van der Waals surface area contributed by atoms with E-state index in [1.807, 2.05) is 6.92 Å². The van der Waals surface area contributed by atoms with E-state index in [2.05, 4.69) is 5.10 Å². The second-order valence-electron chi connectivity index (χ2n) is 3.80. The van der Waals surface area contributed by atoms with Crippen molar-refractivity contribution in [2.75, 3.05) is 7.11 Å². The zero-order valence-electron chi connectivity index (χ0n) is 10.5. The van der Waals surface area contributed by atoms with Gasteiger partial charge in [-0.3, -0.25) is 9.48 Å². The van der Waals surface area contributed by atoms with Crippen molar-refractivity contribution in [3.63, 3.8) is 0 Å². The summed E-state index contributed by atoms with van der Waals surface area (Å²) in [6.45, 7) is 2.28. The number of benzene rings is 1. The van der Waals surface area contributed by atoms with Gasteiger partial charge in [-0.1, -0.05) is 17.7 Å². The van der Waals surface area contributed by atoms with E-state index in [-0.39, 0.29) is 22.0 Å². The molecule has 1 heterocycles. The number of aromatic nitrogens is 2. The molecule has 0 aliphatic heterocycles. The lowest BCUT2D eigenvalue weighted by molar-refractivity contribution is 0.102. The zero-order chi connectivity index (χ0) is 14.0. The number of hydrogen-bond acceptors (Lipinski definition) is 3. The lowest BCUT2D eigenvalue weighted by atomic mass is 10.1. The van der Waals surface area contributed by atoms with Crippen LogP contribution in [0.5, 0.6) is 5.75 Å². The van der Waals surface area contributed by atoms with Gasteiger partial charge >= 0.3 is 0 Å². The number of rotatable bonds is 4. The second-order valence-corrected chi connectivity index (χ2v) is 4.21. The fourth-order valence-corrected chi connectivity index (χ4v) is 2.07. The van der Waals surface area contributed by atoms with E-state index in [9.17, 15) is 9.18 Å². The number of hydrogen-bond donors (Lipinski definition) is 0. The third-order valence-corrected chi connectivity index (χ3v) is 3.01. The molecule has 6 heteroatoms. The summed E-state index contributed by atoms with van der Waals surface area (Å²) in [6, 6.07) is 4.21. The normalized spacial score (nSPS) is 10.5. The molecule has 2 aromatic rings.